The Morgan fingerprint density at radius 2 is 2.26 bits per heavy atom. The predicted octanol–water partition coefficient (Wildman–Crippen LogP) is 2.91. The molecule has 106 valence electrons. The van der Waals surface area contributed by atoms with Gasteiger partial charge in [0.05, 0.1) is 17.2 Å². The highest BCUT2D eigenvalue weighted by molar-refractivity contribution is 6.33. The Balaban J connectivity index is 2.32. The smallest absolute Gasteiger partial charge is 0.337 e. The van der Waals surface area contributed by atoms with Crippen LogP contribution in [0.25, 0.3) is 0 Å². The molecule has 0 aromatic carbocycles. The highest BCUT2D eigenvalue weighted by Crippen LogP contribution is 2.19. The molecule has 0 unspecified atom stereocenters. The Morgan fingerprint density at radius 3 is 2.84 bits per heavy atom. The highest BCUT2D eigenvalue weighted by atomic mass is 35.5. The Bertz CT molecular complexity index is 424. The number of pyridine rings is 1. The van der Waals surface area contributed by atoms with E-state index in [0.717, 1.165) is 13.0 Å². The summed E-state index contributed by atoms with van der Waals surface area (Å²) in [5.74, 6) is 0.0599. The minimum atomic E-state index is -1.04. The molecular formula is C13H19ClN2O3. The lowest BCUT2D eigenvalue weighted by atomic mass is 10.1. The van der Waals surface area contributed by atoms with E-state index in [4.69, 9.17) is 21.4 Å². The van der Waals surface area contributed by atoms with Crippen molar-refractivity contribution in [3.8, 4) is 0 Å². The quantitative estimate of drug-likeness (QED) is 0.719. The van der Waals surface area contributed by atoms with Gasteiger partial charge >= 0.3 is 5.97 Å². The number of carboxylic acid groups (broad SMARTS) is 1. The SMILES string of the molecule is CC(C)CCOCCNc1ncc(C(=O)O)cc1Cl. The maximum Gasteiger partial charge on any atom is 0.337 e. The number of nitrogens with one attached hydrogen (secondary N) is 1. The molecule has 0 aliphatic heterocycles. The second kappa shape index (κ2) is 7.96. The van der Waals surface area contributed by atoms with Crippen molar-refractivity contribution in [1.82, 2.24) is 4.98 Å². The van der Waals surface area contributed by atoms with Crippen molar-refractivity contribution in [2.24, 2.45) is 5.92 Å². The first-order valence-corrected chi connectivity index (χ1v) is 6.59. The van der Waals surface area contributed by atoms with Crippen molar-refractivity contribution in [3.63, 3.8) is 0 Å². The average Bonchev–Trinajstić information content (AvgIpc) is 2.34. The van der Waals surface area contributed by atoms with Crippen LogP contribution >= 0.6 is 11.6 Å². The zero-order chi connectivity index (χ0) is 14.3. The van der Waals surface area contributed by atoms with Gasteiger partial charge < -0.3 is 15.2 Å². The molecular weight excluding hydrogens is 268 g/mol. The molecule has 2 N–H and O–H groups in total. The molecule has 0 aliphatic carbocycles. The van der Waals surface area contributed by atoms with Crippen molar-refractivity contribution in [2.75, 3.05) is 25.1 Å². The Hall–Kier alpha value is -1.33. The molecule has 0 bridgehead atoms. The van der Waals surface area contributed by atoms with Crippen LogP contribution in [0.2, 0.25) is 5.02 Å². The van der Waals surface area contributed by atoms with Crippen molar-refractivity contribution in [3.05, 3.63) is 22.8 Å². The number of halogens is 1. The number of carboxylic acids is 1. The molecule has 0 amide bonds. The molecule has 1 rings (SSSR count). The molecule has 0 saturated heterocycles. The topological polar surface area (TPSA) is 71.5 Å². The minimum Gasteiger partial charge on any atom is -0.478 e. The monoisotopic (exact) mass is 286 g/mol. The molecule has 0 spiro atoms. The van der Waals surface area contributed by atoms with E-state index >= 15 is 0 Å². The summed E-state index contributed by atoms with van der Waals surface area (Å²) < 4.78 is 5.44. The summed E-state index contributed by atoms with van der Waals surface area (Å²) in [5.41, 5.74) is 0.0729. The molecule has 0 aliphatic rings. The van der Waals surface area contributed by atoms with E-state index in [1.165, 1.54) is 12.3 Å². The second-order valence-electron chi connectivity index (χ2n) is 4.58. The number of aromatic nitrogens is 1. The second-order valence-corrected chi connectivity index (χ2v) is 4.99. The lowest BCUT2D eigenvalue weighted by Crippen LogP contribution is -2.12. The van der Waals surface area contributed by atoms with Crippen LogP contribution in [-0.4, -0.2) is 35.8 Å². The van der Waals surface area contributed by atoms with E-state index in [9.17, 15) is 4.79 Å². The number of hydrogen-bond donors (Lipinski definition) is 2. The van der Waals surface area contributed by atoms with Gasteiger partial charge in [0.1, 0.15) is 5.82 Å². The first kappa shape index (κ1) is 15.7. The van der Waals surface area contributed by atoms with Gasteiger partial charge in [-0.15, -0.1) is 0 Å². The number of aromatic carboxylic acids is 1. The fourth-order valence-electron chi connectivity index (χ4n) is 1.35. The van der Waals surface area contributed by atoms with Crippen molar-refractivity contribution in [2.45, 2.75) is 20.3 Å². The number of nitrogens with zero attached hydrogens (tertiary/aromatic N) is 1. The van der Waals surface area contributed by atoms with Crippen molar-refractivity contribution >= 4 is 23.4 Å². The first-order chi connectivity index (χ1) is 9.00. The van der Waals surface area contributed by atoms with Crippen molar-refractivity contribution < 1.29 is 14.6 Å². The summed E-state index contributed by atoms with van der Waals surface area (Å²) in [6.07, 6.45) is 2.31. The van der Waals surface area contributed by atoms with Gasteiger partial charge in [0.25, 0.3) is 0 Å². The molecule has 0 fully saturated rings. The zero-order valence-electron chi connectivity index (χ0n) is 11.1. The molecule has 0 atom stereocenters. The molecule has 1 aromatic heterocycles. The molecule has 0 saturated carbocycles. The van der Waals surface area contributed by atoms with E-state index in [1.807, 2.05) is 0 Å². The van der Waals surface area contributed by atoms with Gasteiger partial charge in [0, 0.05) is 19.3 Å². The van der Waals surface area contributed by atoms with E-state index in [0.29, 0.717) is 29.9 Å². The largest absolute Gasteiger partial charge is 0.478 e. The fourth-order valence-corrected chi connectivity index (χ4v) is 1.58. The molecule has 5 nitrogen and oxygen atoms in total. The standard InChI is InChI=1S/C13H19ClN2O3/c1-9(2)3-5-19-6-4-15-12-11(14)7-10(8-16-12)13(17)18/h7-9H,3-6H2,1-2H3,(H,15,16)(H,17,18). The van der Waals surface area contributed by atoms with Gasteiger partial charge in [-0.25, -0.2) is 9.78 Å². The number of rotatable bonds is 8. The number of ether oxygens (including phenoxy) is 1. The molecule has 1 aromatic rings. The molecule has 19 heavy (non-hydrogen) atoms. The lowest BCUT2D eigenvalue weighted by molar-refractivity contribution is 0.0696. The van der Waals surface area contributed by atoms with Crippen LogP contribution < -0.4 is 5.32 Å². The van der Waals surface area contributed by atoms with E-state index in [2.05, 4.69) is 24.1 Å². The Morgan fingerprint density at radius 1 is 1.53 bits per heavy atom. The number of anilines is 1. The predicted molar refractivity (Wildman–Crippen MR) is 75.0 cm³/mol. The summed E-state index contributed by atoms with van der Waals surface area (Å²) in [4.78, 5) is 14.7. The summed E-state index contributed by atoms with van der Waals surface area (Å²) in [7, 11) is 0. The van der Waals surface area contributed by atoms with Crippen LogP contribution in [-0.2, 0) is 4.74 Å². The molecule has 6 heteroatoms. The Labute approximate surface area is 117 Å². The average molecular weight is 287 g/mol. The third kappa shape index (κ3) is 5.89. The van der Waals surface area contributed by atoms with Crippen LogP contribution in [0.5, 0.6) is 0 Å². The van der Waals surface area contributed by atoms with Crippen molar-refractivity contribution in [1.29, 1.82) is 0 Å². The first-order valence-electron chi connectivity index (χ1n) is 6.21. The van der Waals surface area contributed by atoms with Gasteiger partial charge in [0.15, 0.2) is 0 Å². The molecule has 1 heterocycles. The third-order valence-corrected chi connectivity index (χ3v) is 2.75. The van der Waals surface area contributed by atoms with E-state index < -0.39 is 5.97 Å². The maximum atomic E-state index is 10.7. The summed E-state index contributed by atoms with van der Waals surface area (Å²) in [6.45, 7) is 6.17. The normalized spacial score (nSPS) is 10.7. The van der Waals surface area contributed by atoms with Crippen LogP contribution in [0.1, 0.15) is 30.6 Å². The highest BCUT2D eigenvalue weighted by Gasteiger charge is 2.07. The summed E-state index contributed by atoms with van der Waals surface area (Å²) in [5, 5.41) is 12.1. The fraction of sp³-hybridized carbons (Fsp3) is 0.538. The maximum absolute atomic E-state index is 10.7. The van der Waals surface area contributed by atoms with E-state index in [-0.39, 0.29) is 5.56 Å². The van der Waals surface area contributed by atoms with Crippen LogP contribution in [0.15, 0.2) is 12.3 Å². The van der Waals surface area contributed by atoms with Gasteiger partial charge in [-0.2, -0.15) is 0 Å². The van der Waals surface area contributed by atoms with Gasteiger partial charge in [-0.1, -0.05) is 25.4 Å². The van der Waals surface area contributed by atoms with Crippen LogP contribution in [0, 0.1) is 5.92 Å². The minimum absolute atomic E-state index is 0.0729. The van der Waals surface area contributed by atoms with Gasteiger partial charge in [0.2, 0.25) is 0 Å². The summed E-state index contributed by atoms with van der Waals surface area (Å²) >= 11 is 5.93. The number of carbonyl (C=O) groups is 1. The Kier molecular flexibility index (Phi) is 6.59. The third-order valence-electron chi connectivity index (χ3n) is 2.47. The van der Waals surface area contributed by atoms with Gasteiger partial charge in [-0.05, 0) is 18.4 Å². The molecule has 0 radical (unpaired) electrons. The lowest BCUT2D eigenvalue weighted by Gasteiger charge is -2.09. The number of hydrogen-bond acceptors (Lipinski definition) is 4. The van der Waals surface area contributed by atoms with E-state index in [1.54, 1.807) is 0 Å². The zero-order valence-corrected chi connectivity index (χ0v) is 11.9. The van der Waals surface area contributed by atoms with Gasteiger partial charge in [-0.3, -0.25) is 0 Å². The summed E-state index contributed by atoms with van der Waals surface area (Å²) in [6, 6.07) is 1.37. The van der Waals surface area contributed by atoms with Crippen LogP contribution in [0.4, 0.5) is 5.82 Å². The van der Waals surface area contributed by atoms with Crippen LogP contribution in [0.3, 0.4) is 0 Å².